The van der Waals surface area contributed by atoms with Gasteiger partial charge in [-0.15, -0.1) is 11.6 Å². The lowest BCUT2D eigenvalue weighted by atomic mass is 10.3. The largest absolute Gasteiger partial charge is 0.446 e. The number of hydrogen-bond acceptors (Lipinski definition) is 3. The minimum absolute atomic E-state index is 0.0229. The molecule has 0 spiro atoms. The number of nitrogens with one attached hydrogen (secondary N) is 1. The van der Waals surface area contributed by atoms with Crippen molar-refractivity contribution in [2.24, 2.45) is 0 Å². The SMILES string of the molecule is OC(CCl)CNc1cc(SC(F)(F)F)ccc1Cl. The first-order valence-corrected chi connectivity index (χ1v) is 6.58. The van der Waals surface area contributed by atoms with Gasteiger partial charge in [-0.05, 0) is 30.0 Å². The standard InChI is InChI=1S/C10H10Cl2F3NOS/c11-4-6(17)5-16-9-3-7(1-2-8(9)12)18-10(13,14)15/h1-3,6,16-17H,4-5H2. The van der Waals surface area contributed by atoms with Crippen molar-refractivity contribution >= 4 is 40.7 Å². The molecule has 0 aliphatic carbocycles. The molecule has 1 unspecified atom stereocenters. The van der Waals surface area contributed by atoms with Gasteiger partial charge in [-0.25, -0.2) is 0 Å². The molecular formula is C10H10Cl2F3NOS. The lowest BCUT2D eigenvalue weighted by Gasteiger charge is -2.13. The summed E-state index contributed by atoms with van der Waals surface area (Å²) in [5, 5.41) is 12.3. The van der Waals surface area contributed by atoms with Crippen LogP contribution in [0.25, 0.3) is 0 Å². The minimum atomic E-state index is -4.35. The number of alkyl halides is 4. The van der Waals surface area contributed by atoms with Crippen LogP contribution in [0.2, 0.25) is 5.02 Å². The fourth-order valence-electron chi connectivity index (χ4n) is 1.12. The Morgan fingerprint density at radius 3 is 2.61 bits per heavy atom. The molecule has 2 nitrogen and oxygen atoms in total. The van der Waals surface area contributed by atoms with E-state index in [1.165, 1.54) is 18.2 Å². The predicted octanol–water partition coefficient (Wildman–Crippen LogP) is 3.96. The first-order valence-electron chi connectivity index (χ1n) is 4.85. The molecule has 1 rings (SSSR count). The Morgan fingerprint density at radius 2 is 2.06 bits per heavy atom. The van der Waals surface area contributed by atoms with E-state index in [9.17, 15) is 18.3 Å². The second-order valence-electron chi connectivity index (χ2n) is 3.38. The highest BCUT2D eigenvalue weighted by Gasteiger charge is 2.29. The van der Waals surface area contributed by atoms with E-state index >= 15 is 0 Å². The van der Waals surface area contributed by atoms with E-state index in [1.54, 1.807) is 0 Å². The van der Waals surface area contributed by atoms with E-state index in [0.717, 1.165) is 0 Å². The van der Waals surface area contributed by atoms with Gasteiger partial charge in [0.25, 0.3) is 0 Å². The van der Waals surface area contributed by atoms with Gasteiger partial charge in [0.05, 0.1) is 22.7 Å². The van der Waals surface area contributed by atoms with E-state index in [0.29, 0.717) is 5.69 Å². The van der Waals surface area contributed by atoms with Crippen LogP contribution < -0.4 is 5.32 Å². The zero-order chi connectivity index (χ0) is 13.8. The number of thioether (sulfide) groups is 1. The third kappa shape index (κ3) is 5.56. The molecule has 0 heterocycles. The molecule has 1 aromatic rings. The molecule has 0 fully saturated rings. The third-order valence-corrected chi connectivity index (χ3v) is 3.28. The number of aliphatic hydroxyl groups excluding tert-OH is 1. The molecule has 8 heteroatoms. The van der Waals surface area contributed by atoms with Crippen LogP contribution in [-0.4, -0.2) is 29.1 Å². The maximum absolute atomic E-state index is 12.2. The third-order valence-electron chi connectivity index (χ3n) is 1.88. The maximum Gasteiger partial charge on any atom is 0.446 e. The topological polar surface area (TPSA) is 32.3 Å². The lowest BCUT2D eigenvalue weighted by Crippen LogP contribution is -2.20. The summed E-state index contributed by atoms with van der Waals surface area (Å²) in [6.07, 6.45) is -0.790. The van der Waals surface area contributed by atoms with Crippen LogP contribution in [0.5, 0.6) is 0 Å². The van der Waals surface area contributed by atoms with Gasteiger partial charge in [0, 0.05) is 11.4 Å². The Bertz CT molecular complexity index is 403. The molecular weight excluding hydrogens is 310 g/mol. The van der Waals surface area contributed by atoms with Crippen molar-refractivity contribution in [2.75, 3.05) is 17.7 Å². The quantitative estimate of drug-likeness (QED) is 0.636. The number of anilines is 1. The summed E-state index contributed by atoms with van der Waals surface area (Å²) in [4.78, 5) is 0.0229. The Hall–Kier alpha value is -0.300. The molecule has 0 radical (unpaired) electrons. The van der Waals surface area contributed by atoms with Crippen LogP contribution in [-0.2, 0) is 0 Å². The van der Waals surface area contributed by atoms with Gasteiger partial charge >= 0.3 is 5.51 Å². The highest BCUT2D eigenvalue weighted by atomic mass is 35.5. The minimum Gasteiger partial charge on any atom is -0.390 e. The molecule has 0 saturated heterocycles. The van der Waals surface area contributed by atoms with Crippen molar-refractivity contribution in [1.29, 1.82) is 0 Å². The van der Waals surface area contributed by atoms with Gasteiger partial charge in [-0.2, -0.15) is 13.2 Å². The molecule has 0 aliphatic rings. The number of aliphatic hydroxyl groups is 1. The average Bonchev–Trinajstić information content (AvgIpc) is 2.27. The zero-order valence-corrected chi connectivity index (χ0v) is 11.3. The van der Waals surface area contributed by atoms with Crippen molar-refractivity contribution in [3.8, 4) is 0 Å². The first-order chi connectivity index (χ1) is 8.31. The van der Waals surface area contributed by atoms with E-state index in [-0.39, 0.29) is 34.1 Å². The fourth-order valence-corrected chi connectivity index (χ4v) is 1.99. The van der Waals surface area contributed by atoms with Crippen molar-refractivity contribution in [3.63, 3.8) is 0 Å². The molecule has 0 amide bonds. The van der Waals surface area contributed by atoms with Crippen LogP contribution in [0.4, 0.5) is 18.9 Å². The van der Waals surface area contributed by atoms with Gasteiger partial charge in [0.1, 0.15) is 0 Å². The molecule has 0 aliphatic heterocycles. The Morgan fingerprint density at radius 1 is 1.39 bits per heavy atom. The summed E-state index contributed by atoms with van der Waals surface area (Å²) in [6, 6.07) is 3.93. The summed E-state index contributed by atoms with van der Waals surface area (Å²) < 4.78 is 36.6. The van der Waals surface area contributed by atoms with Gasteiger partial charge in [-0.1, -0.05) is 11.6 Å². The summed E-state index contributed by atoms with van der Waals surface area (Å²) in [6.45, 7) is 0.114. The number of benzene rings is 1. The second-order valence-corrected chi connectivity index (χ2v) is 5.23. The van der Waals surface area contributed by atoms with E-state index in [4.69, 9.17) is 23.2 Å². The first kappa shape index (κ1) is 15.8. The number of hydrogen-bond donors (Lipinski definition) is 2. The Balaban J connectivity index is 2.75. The number of halogens is 5. The van der Waals surface area contributed by atoms with Crippen molar-refractivity contribution < 1.29 is 18.3 Å². The smallest absolute Gasteiger partial charge is 0.390 e. The highest BCUT2D eigenvalue weighted by molar-refractivity contribution is 8.00. The highest BCUT2D eigenvalue weighted by Crippen LogP contribution is 2.39. The zero-order valence-electron chi connectivity index (χ0n) is 8.97. The summed E-state index contributed by atoms with van der Waals surface area (Å²) in [5.41, 5.74) is -4.02. The normalized spacial score (nSPS) is 13.4. The van der Waals surface area contributed by atoms with Crippen LogP contribution in [0.3, 0.4) is 0 Å². The molecule has 1 aromatic carbocycles. The van der Waals surface area contributed by atoms with Crippen molar-refractivity contribution in [3.05, 3.63) is 23.2 Å². The summed E-state index contributed by atoms with van der Waals surface area (Å²) >= 11 is 11.0. The summed E-state index contributed by atoms with van der Waals surface area (Å²) in [7, 11) is 0. The second kappa shape index (κ2) is 6.75. The maximum atomic E-state index is 12.2. The monoisotopic (exact) mass is 319 g/mol. The van der Waals surface area contributed by atoms with Crippen LogP contribution >= 0.6 is 35.0 Å². The van der Waals surface area contributed by atoms with E-state index in [2.05, 4.69) is 5.32 Å². The van der Waals surface area contributed by atoms with Gasteiger partial charge < -0.3 is 10.4 Å². The fraction of sp³-hybridized carbons (Fsp3) is 0.400. The molecule has 18 heavy (non-hydrogen) atoms. The number of rotatable bonds is 5. The van der Waals surface area contributed by atoms with Gasteiger partial charge in [-0.3, -0.25) is 0 Å². The molecule has 0 bridgehead atoms. The van der Waals surface area contributed by atoms with Gasteiger partial charge in [0.2, 0.25) is 0 Å². The van der Waals surface area contributed by atoms with Crippen molar-refractivity contribution in [1.82, 2.24) is 0 Å². The molecule has 0 saturated carbocycles. The molecule has 2 N–H and O–H groups in total. The van der Waals surface area contributed by atoms with Gasteiger partial charge in [0.15, 0.2) is 0 Å². The van der Waals surface area contributed by atoms with Crippen LogP contribution in [0.15, 0.2) is 23.1 Å². The Kier molecular flexibility index (Phi) is 5.91. The van der Waals surface area contributed by atoms with E-state index in [1.807, 2.05) is 0 Å². The molecule has 1 atom stereocenters. The lowest BCUT2D eigenvalue weighted by molar-refractivity contribution is -0.0328. The molecule has 0 aromatic heterocycles. The van der Waals surface area contributed by atoms with Crippen LogP contribution in [0, 0.1) is 0 Å². The molecule has 102 valence electrons. The average molecular weight is 320 g/mol. The predicted molar refractivity (Wildman–Crippen MR) is 68.6 cm³/mol. The summed E-state index contributed by atoms with van der Waals surface area (Å²) in [5.74, 6) is 0.0294. The Labute approximate surface area is 116 Å². The van der Waals surface area contributed by atoms with Crippen LogP contribution in [0.1, 0.15) is 0 Å². The van der Waals surface area contributed by atoms with E-state index < -0.39 is 11.6 Å². The van der Waals surface area contributed by atoms with Crippen molar-refractivity contribution in [2.45, 2.75) is 16.5 Å².